The first-order chi connectivity index (χ1) is 9.74. The van der Waals surface area contributed by atoms with Crippen molar-refractivity contribution in [2.75, 3.05) is 0 Å². The molecule has 0 aliphatic carbocycles. The molecule has 0 aliphatic rings. The quantitative estimate of drug-likeness (QED) is 0.800. The summed E-state index contributed by atoms with van der Waals surface area (Å²) in [7, 11) is 0. The Morgan fingerprint density at radius 3 is 2.70 bits per heavy atom. The molecule has 4 nitrogen and oxygen atoms in total. The van der Waals surface area contributed by atoms with Crippen LogP contribution < -0.4 is 0 Å². The molecule has 2 aromatic heterocycles. The Bertz CT molecular complexity index is 721. The van der Waals surface area contributed by atoms with Gasteiger partial charge in [0.1, 0.15) is 10.7 Å². The molecule has 20 heavy (non-hydrogen) atoms. The van der Waals surface area contributed by atoms with Crippen molar-refractivity contribution in [3.8, 4) is 22.0 Å². The summed E-state index contributed by atoms with van der Waals surface area (Å²) < 4.78 is 0. The van der Waals surface area contributed by atoms with Gasteiger partial charge in [-0.15, -0.1) is 22.7 Å². The number of hydrogen-bond donors (Lipinski definition) is 1. The Labute approximate surface area is 123 Å². The van der Waals surface area contributed by atoms with Gasteiger partial charge in [-0.05, 0) is 0 Å². The van der Waals surface area contributed by atoms with Gasteiger partial charge in [0.15, 0.2) is 0 Å². The van der Waals surface area contributed by atoms with E-state index in [2.05, 4.69) is 9.97 Å². The lowest BCUT2D eigenvalue weighted by atomic mass is 10.1. The third-order valence-electron chi connectivity index (χ3n) is 2.71. The van der Waals surface area contributed by atoms with E-state index < -0.39 is 5.97 Å². The molecule has 0 bridgehead atoms. The number of nitrogens with zero attached hydrogens (tertiary/aromatic N) is 2. The van der Waals surface area contributed by atoms with E-state index in [1.807, 2.05) is 35.7 Å². The number of aliphatic carboxylic acids is 1. The predicted molar refractivity (Wildman–Crippen MR) is 80.0 cm³/mol. The fourth-order valence-electron chi connectivity index (χ4n) is 1.86. The second kappa shape index (κ2) is 5.52. The van der Waals surface area contributed by atoms with Crippen molar-refractivity contribution < 1.29 is 9.90 Å². The van der Waals surface area contributed by atoms with Crippen molar-refractivity contribution in [3.05, 3.63) is 46.1 Å². The van der Waals surface area contributed by atoms with Crippen molar-refractivity contribution in [2.45, 2.75) is 6.42 Å². The van der Waals surface area contributed by atoms with Crippen LogP contribution in [0.15, 0.2) is 41.2 Å². The van der Waals surface area contributed by atoms with Crippen LogP contribution >= 0.6 is 22.7 Å². The topological polar surface area (TPSA) is 63.1 Å². The molecule has 100 valence electrons. The highest BCUT2D eigenvalue weighted by atomic mass is 32.1. The zero-order valence-electron chi connectivity index (χ0n) is 10.3. The van der Waals surface area contributed by atoms with E-state index in [-0.39, 0.29) is 6.42 Å². The molecule has 2 heterocycles. The van der Waals surface area contributed by atoms with Gasteiger partial charge in [0.05, 0.1) is 17.6 Å². The van der Waals surface area contributed by atoms with Gasteiger partial charge < -0.3 is 5.11 Å². The zero-order chi connectivity index (χ0) is 13.9. The molecule has 0 saturated heterocycles. The number of carbonyl (C=O) groups is 1. The summed E-state index contributed by atoms with van der Waals surface area (Å²) in [5.41, 5.74) is 4.21. The van der Waals surface area contributed by atoms with E-state index in [0.717, 1.165) is 26.8 Å². The minimum Gasteiger partial charge on any atom is -0.481 e. The van der Waals surface area contributed by atoms with Gasteiger partial charge in [0.25, 0.3) is 0 Å². The summed E-state index contributed by atoms with van der Waals surface area (Å²) in [6, 6.07) is 9.63. The van der Waals surface area contributed by atoms with Crippen molar-refractivity contribution in [2.24, 2.45) is 0 Å². The first-order valence-electron chi connectivity index (χ1n) is 5.89. The van der Waals surface area contributed by atoms with Crippen LogP contribution in [-0.2, 0) is 11.2 Å². The minimum atomic E-state index is -0.851. The van der Waals surface area contributed by atoms with Gasteiger partial charge in [-0.2, -0.15) is 0 Å². The van der Waals surface area contributed by atoms with E-state index in [9.17, 15) is 4.79 Å². The third-order valence-corrected chi connectivity index (χ3v) is 4.37. The summed E-state index contributed by atoms with van der Waals surface area (Å²) in [6.45, 7) is 0. The molecule has 0 amide bonds. The molecule has 0 radical (unpaired) electrons. The van der Waals surface area contributed by atoms with E-state index in [1.165, 1.54) is 22.7 Å². The molecule has 6 heteroatoms. The molecule has 0 aliphatic heterocycles. The Hall–Kier alpha value is -2.05. The Kier molecular flexibility index (Phi) is 3.58. The molecule has 1 aromatic carbocycles. The summed E-state index contributed by atoms with van der Waals surface area (Å²) >= 11 is 2.89. The smallest absolute Gasteiger partial charge is 0.308 e. The van der Waals surface area contributed by atoms with Gasteiger partial charge in [-0.25, -0.2) is 9.97 Å². The molecule has 1 N–H and O–H groups in total. The van der Waals surface area contributed by atoms with Crippen LogP contribution in [-0.4, -0.2) is 21.0 Å². The van der Waals surface area contributed by atoms with Crippen LogP contribution in [0.3, 0.4) is 0 Å². The van der Waals surface area contributed by atoms with E-state index >= 15 is 0 Å². The normalized spacial score (nSPS) is 10.6. The number of rotatable bonds is 4. The lowest BCUT2D eigenvalue weighted by Gasteiger charge is -1.99. The average Bonchev–Trinajstić information content (AvgIpc) is 3.08. The number of aromatic nitrogens is 2. The van der Waals surface area contributed by atoms with Crippen LogP contribution in [0.4, 0.5) is 0 Å². The molecule has 3 rings (SSSR count). The minimum absolute atomic E-state index is 0.0218. The van der Waals surface area contributed by atoms with Crippen LogP contribution in [0.2, 0.25) is 0 Å². The summed E-state index contributed by atoms with van der Waals surface area (Å²) in [5.74, 6) is -0.851. The number of benzene rings is 1. The Morgan fingerprint density at radius 1 is 1.25 bits per heavy atom. The van der Waals surface area contributed by atoms with Gasteiger partial charge >= 0.3 is 5.97 Å². The summed E-state index contributed by atoms with van der Waals surface area (Å²) in [6.07, 6.45) is -0.0218. The second-order valence-corrected chi connectivity index (χ2v) is 5.90. The van der Waals surface area contributed by atoms with Gasteiger partial charge in [0, 0.05) is 15.8 Å². The molecule has 0 unspecified atom stereocenters. The zero-order valence-corrected chi connectivity index (χ0v) is 11.9. The highest BCUT2D eigenvalue weighted by molar-refractivity contribution is 7.16. The van der Waals surface area contributed by atoms with Gasteiger partial charge in [0.2, 0.25) is 0 Å². The van der Waals surface area contributed by atoms with Crippen molar-refractivity contribution in [1.82, 2.24) is 9.97 Å². The van der Waals surface area contributed by atoms with Gasteiger partial charge in [-0.1, -0.05) is 30.3 Å². The summed E-state index contributed by atoms with van der Waals surface area (Å²) in [4.78, 5) is 20.6. The molecule has 0 saturated carbocycles. The maximum absolute atomic E-state index is 11.0. The maximum Gasteiger partial charge on any atom is 0.308 e. The van der Waals surface area contributed by atoms with Crippen LogP contribution in [0.5, 0.6) is 0 Å². The standard InChI is InChI=1S/C14H10N2O2S2/c17-12(18)6-11-13(9-4-2-1-3-5-9)16-14(20-11)10-7-19-8-15-10/h1-5,7-8H,6H2,(H,17,18). The number of hydrogen-bond acceptors (Lipinski definition) is 5. The fraction of sp³-hybridized carbons (Fsp3) is 0.0714. The SMILES string of the molecule is O=C(O)Cc1sc(-c2cscn2)nc1-c1ccccc1. The Balaban J connectivity index is 2.09. The summed E-state index contributed by atoms with van der Waals surface area (Å²) in [5, 5.41) is 11.7. The maximum atomic E-state index is 11.0. The van der Waals surface area contributed by atoms with E-state index in [4.69, 9.17) is 5.11 Å². The number of carboxylic acids is 1. The molecule has 3 aromatic rings. The molecular weight excluding hydrogens is 292 g/mol. The Morgan fingerprint density at radius 2 is 2.05 bits per heavy atom. The van der Waals surface area contributed by atoms with Crippen molar-refractivity contribution in [3.63, 3.8) is 0 Å². The van der Waals surface area contributed by atoms with E-state index in [0.29, 0.717) is 0 Å². The average molecular weight is 302 g/mol. The highest BCUT2D eigenvalue weighted by Gasteiger charge is 2.17. The second-order valence-electron chi connectivity index (χ2n) is 4.10. The monoisotopic (exact) mass is 302 g/mol. The first-order valence-corrected chi connectivity index (χ1v) is 7.65. The van der Waals surface area contributed by atoms with E-state index in [1.54, 1.807) is 5.51 Å². The molecular formula is C14H10N2O2S2. The molecule has 0 fully saturated rings. The molecule has 0 atom stereocenters. The lowest BCUT2D eigenvalue weighted by molar-refractivity contribution is -0.136. The number of carboxylic acid groups (broad SMARTS) is 1. The van der Waals surface area contributed by atoms with Crippen molar-refractivity contribution >= 4 is 28.6 Å². The first kappa shape index (κ1) is 13.0. The lowest BCUT2D eigenvalue weighted by Crippen LogP contribution is -1.99. The highest BCUT2D eigenvalue weighted by Crippen LogP contribution is 2.33. The largest absolute Gasteiger partial charge is 0.481 e. The van der Waals surface area contributed by atoms with Crippen LogP contribution in [0.1, 0.15) is 4.88 Å². The number of thiazole rings is 2. The molecule has 0 spiro atoms. The predicted octanol–water partition coefficient (Wildman–Crippen LogP) is 3.56. The third kappa shape index (κ3) is 2.61. The van der Waals surface area contributed by atoms with Gasteiger partial charge in [-0.3, -0.25) is 4.79 Å². The van der Waals surface area contributed by atoms with Crippen LogP contribution in [0.25, 0.3) is 22.0 Å². The fourth-order valence-corrected chi connectivity index (χ4v) is 3.51. The van der Waals surface area contributed by atoms with Crippen molar-refractivity contribution in [1.29, 1.82) is 0 Å². The van der Waals surface area contributed by atoms with Crippen LogP contribution in [0, 0.1) is 0 Å².